The van der Waals surface area contributed by atoms with Crippen molar-refractivity contribution in [2.75, 3.05) is 5.32 Å². The minimum atomic E-state index is -1.16. The summed E-state index contributed by atoms with van der Waals surface area (Å²) in [7, 11) is 0. The predicted octanol–water partition coefficient (Wildman–Crippen LogP) is 1.86. The second kappa shape index (κ2) is 5.64. The Morgan fingerprint density at radius 2 is 1.81 bits per heavy atom. The van der Waals surface area contributed by atoms with Gasteiger partial charge in [-0.25, -0.2) is 0 Å². The highest BCUT2D eigenvalue weighted by molar-refractivity contribution is 6.15. The number of rotatable bonds is 3. The van der Waals surface area contributed by atoms with Gasteiger partial charge >= 0.3 is 0 Å². The van der Waals surface area contributed by atoms with Crippen molar-refractivity contribution in [1.29, 1.82) is 0 Å². The van der Waals surface area contributed by atoms with E-state index >= 15 is 0 Å². The zero-order chi connectivity index (χ0) is 18.8. The number of hydrogen-bond acceptors (Lipinski definition) is 4. The maximum Gasteiger partial charge on any atom is 0.250 e. The van der Waals surface area contributed by atoms with Crippen LogP contribution < -0.4 is 10.6 Å². The SMILES string of the molecule is CC[C@@H](C)N1C(=O)[C@H]2[C@@H](C1=O)[C@]1(N[C@H]2C(C)C)C(=O)Nc2ccccc21. The molecule has 5 atom stereocenters. The molecule has 0 unspecified atom stereocenters. The molecule has 3 aliphatic rings. The molecule has 2 N–H and O–H groups in total. The van der Waals surface area contributed by atoms with Gasteiger partial charge in [-0.15, -0.1) is 0 Å². The Morgan fingerprint density at radius 3 is 2.46 bits per heavy atom. The molecule has 6 nitrogen and oxygen atoms in total. The van der Waals surface area contributed by atoms with Gasteiger partial charge in [-0.3, -0.25) is 24.6 Å². The number of carbonyl (C=O) groups is 3. The summed E-state index contributed by atoms with van der Waals surface area (Å²) < 4.78 is 0. The van der Waals surface area contributed by atoms with E-state index in [-0.39, 0.29) is 35.7 Å². The van der Waals surface area contributed by atoms with Gasteiger partial charge in [0.1, 0.15) is 5.54 Å². The van der Waals surface area contributed by atoms with Gasteiger partial charge in [0.25, 0.3) is 0 Å². The molecule has 0 aromatic heterocycles. The van der Waals surface area contributed by atoms with E-state index in [9.17, 15) is 14.4 Å². The lowest BCUT2D eigenvalue weighted by atomic mass is 9.76. The molecule has 138 valence electrons. The second-order valence-electron chi connectivity index (χ2n) is 8.03. The molecular formula is C20H25N3O3. The quantitative estimate of drug-likeness (QED) is 0.812. The minimum Gasteiger partial charge on any atom is -0.324 e. The van der Waals surface area contributed by atoms with Crippen molar-refractivity contribution in [1.82, 2.24) is 10.2 Å². The maximum absolute atomic E-state index is 13.4. The van der Waals surface area contributed by atoms with Crippen LogP contribution in [0.2, 0.25) is 0 Å². The Labute approximate surface area is 153 Å². The van der Waals surface area contributed by atoms with Gasteiger partial charge in [0.2, 0.25) is 17.7 Å². The number of fused-ring (bicyclic) bond motifs is 4. The molecule has 1 aromatic carbocycles. The number of benzene rings is 1. The average Bonchev–Trinajstić information content (AvgIpc) is 3.20. The number of para-hydroxylation sites is 1. The average molecular weight is 355 g/mol. The zero-order valence-corrected chi connectivity index (χ0v) is 15.6. The van der Waals surface area contributed by atoms with Crippen molar-refractivity contribution in [2.45, 2.75) is 51.7 Å². The predicted molar refractivity (Wildman–Crippen MR) is 97.1 cm³/mol. The highest BCUT2D eigenvalue weighted by Gasteiger charge is 2.70. The van der Waals surface area contributed by atoms with Crippen molar-refractivity contribution in [3.05, 3.63) is 29.8 Å². The van der Waals surface area contributed by atoms with Gasteiger partial charge in [-0.2, -0.15) is 0 Å². The third-order valence-corrected chi connectivity index (χ3v) is 6.34. The van der Waals surface area contributed by atoms with Crippen molar-refractivity contribution in [3.63, 3.8) is 0 Å². The Balaban J connectivity index is 1.90. The molecule has 26 heavy (non-hydrogen) atoms. The Morgan fingerprint density at radius 1 is 1.12 bits per heavy atom. The van der Waals surface area contributed by atoms with Crippen molar-refractivity contribution in [3.8, 4) is 0 Å². The molecule has 3 heterocycles. The smallest absolute Gasteiger partial charge is 0.250 e. The van der Waals surface area contributed by atoms with Gasteiger partial charge in [-0.1, -0.05) is 39.0 Å². The van der Waals surface area contributed by atoms with E-state index in [2.05, 4.69) is 10.6 Å². The van der Waals surface area contributed by atoms with Gasteiger partial charge in [-0.05, 0) is 25.3 Å². The van der Waals surface area contributed by atoms with Crippen LogP contribution in [0.25, 0.3) is 0 Å². The summed E-state index contributed by atoms with van der Waals surface area (Å²) >= 11 is 0. The highest BCUT2D eigenvalue weighted by Crippen LogP contribution is 2.54. The molecular weight excluding hydrogens is 330 g/mol. The molecule has 0 radical (unpaired) electrons. The number of likely N-dealkylation sites (tertiary alicyclic amines) is 1. The lowest BCUT2D eigenvalue weighted by Crippen LogP contribution is -2.54. The molecule has 1 aromatic rings. The number of anilines is 1. The first kappa shape index (κ1) is 17.2. The molecule has 0 aliphatic carbocycles. The summed E-state index contributed by atoms with van der Waals surface area (Å²) in [6.07, 6.45) is 0.701. The summed E-state index contributed by atoms with van der Waals surface area (Å²) in [5.41, 5.74) is 0.330. The molecule has 1 spiro atoms. The monoisotopic (exact) mass is 355 g/mol. The van der Waals surface area contributed by atoms with Crippen LogP contribution in [0.4, 0.5) is 5.69 Å². The van der Waals surface area contributed by atoms with Crippen molar-refractivity contribution in [2.24, 2.45) is 17.8 Å². The molecule has 2 saturated heterocycles. The summed E-state index contributed by atoms with van der Waals surface area (Å²) in [5, 5.41) is 6.34. The zero-order valence-electron chi connectivity index (χ0n) is 15.6. The standard InChI is InChI=1S/C20H25N3O3/c1-5-11(4)23-17(24)14-15(18(23)25)20(22-16(14)10(2)3)12-8-6-7-9-13(12)21-19(20)26/h6-11,14-16,22H,5H2,1-4H3,(H,21,26)/t11-,14+,15+,16+,20+/m1/s1. The van der Waals surface area contributed by atoms with E-state index in [0.717, 1.165) is 11.3 Å². The van der Waals surface area contributed by atoms with Crippen molar-refractivity contribution < 1.29 is 14.4 Å². The van der Waals surface area contributed by atoms with E-state index < -0.39 is 17.4 Å². The number of amides is 3. The van der Waals surface area contributed by atoms with Crippen molar-refractivity contribution >= 4 is 23.4 Å². The fourth-order valence-corrected chi connectivity index (χ4v) is 4.90. The van der Waals surface area contributed by atoms with Crippen LogP contribution in [0.3, 0.4) is 0 Å². The normalized spacial score (nSPS) is 33.8. The van der Waals surface area contributed by atoms with Gasteiger partial charge < -0.3 is 5.32 Å². The third kappa shape index (κ3) is 1.93. The number of imide groups is 1. The number of nitrogens with one attached hydrogen (secondary N) is 2. The first-order chi connectivity index (χ1) is 12.3. The summed E-state index contributed by atoms with van der Waals surface area (Å²) in [4.78, 5) is 41.1. The van der Waals surface area contributed by atoms with Crippen LogP contribution in [0.15, 0.2) is 24.3 Å². The van der Waals surface area contributed by atoms with E-state index in [1.54, 1.807) is 0 Å². The molecule has 3 amide bonds. The Bertz CT molecular complexity index is 805. The molecule has 6 heteroatoms. The van der Waals surface area contributed by atoms with Gasteiger partial charge in [0.15, 0.2) is 0 Å². The van der Waals surface area contributed by atoms with Crippen LogP contribution in [0, 0.1) is 17.8 Å². The topological polar surface area (TPSA) is 78.5 Å². The van der Waals surface area contributed by atoms with Crippen LogP contribution in [0.5, 0.6) is 0 Å². The minimum absolute atomic E-state index is 0.121. The fraction of sp³-hybridized carbons (Fsp3) is 0.550. The van der Waals surface area contributed by atoms with E-state index in [4.69, 9.17) is 0 Å². The lowest BCUT2D eigenvalue weighted by molar-refractivity contribution is -0.145. The van der Waals surface area contributed by atoms with Crippen LogP contribution >= 0.6 is 0 Å². The summed E-state index contributed by atoms with van der Waals surface area (Å²) in [6, 6.07) is 7.07. The van der Waals surface area contributed by atoms with Gasteiger partial charge in [0.05, 0.1) is 11.8 Å². The first-order valence-corrected chi connectivity index (χ1v) is 9.40. The molecule has 4 rings (SSSR count). The number of hydrogen-bond donors (Lipinski definition) is 2. The number of carbonyl (C=O) groups excluding carboxylic acids is 3. The van der Waals surface area contributed by atoms with Crippen LogP contribution in [0.1, 0.15) is 39.7 Å². The maximum atomic E-state index is 13.4. The Hall–Kier alpha value is -2.21. The van der Waals surface area contributed by atoms with E-state index in [0.29, 0.717) is 6.42 Å². The second-order valence-corrected chi connectivity index (χ2v) is 8.03. The van der Waals surface area contributed by atoms with Crippen LogP contribution in [-0.4, -0.2) is 34.7 Å². The molecule has 0 saturated carbocycles. The largest absolute Gasteiger partial charge is 0.324 e. The third-order valence-electron chi connectivity index (χ3n) is 6.34. The Kier molecular flexibility index (Phi) is 3.74. The fourth-order valence-electron chi connectivity index (χ4n) is 4.90. The number of nitrogens with zero attached hydrogens (tertiary/aromatic N) is 1. The van der Waals surface area contributed by atoms with Gasteiger partial charge in [0, 0.05) is 23.3 Å². The molecule has 3 aliphatic heterocycles. The van der Waals surface area contributed by atoms with E-state index in [1.807, 2.05) is 52.0 Å². The summed E-state index contributed by atoms with van der Waals surface area (Å²) in [6.45, 7) is 7.90. The van der Waals surface area contributed by atoms with E-state index in [1.165, 1.54) is 4.90 Å². The molecule has 0 bridgehead atoms. The molecule has 2 fully saturated rings. The van der Waals surface area contributed by atoms with Crippen LogP contribution in [-0.2, 0) is 19.9 Å². The lowest BCUT2D eigenvalue weighted by Gasteiger charge is -2.31. The first-order valence-electron chi connectivity index (χ1n) is 9.40. The summed E-state index contributed by atoms with van der Waals surface area (Å²) in [5.74, 6) is -1.68. The highest BCUT2D eigenvalue weighted by atomic mass is 16.2.